The lowest BCUT2D eigenvalue weighted by atomic mass is 10.0. The molecule has 7 heteroatoms. The van der Waals surface area contributed by atoms with Crippen LogP contribution in [0, 0.1) is 12.3 Å². The first-order chi connectivity index (χ1) is 24.5. The molecule has 0 aliphatic heterocycles. The van der Waals surface area contributed by atoms with Gasteiger partial charge in [0.05, 0.1) is 16.3 Å². The number of fused-ring (bicyclic) bond motifs is 4. The molecule has 6 nitrogen and oxygen atoms in total. The van der Waals surface area contributed by atoms with Crippen LogP contribution in [0.25, 0.3) is 66.2 Å². The summed E-state index contributed by atoms with van der Waals surface area (Å²) in [5, 5.41) is 11.4. The van der Waals surface area contributed by atoms with E-state index in [1.54, 1.807) is 11.3 Å². The molecule has 9 rings (SSSR count). The van der Waals surface area contributed by atoms with Gasteiger partial charge in [0.2, 0.25) is 0 Å². The molecular weight excluding hydrogens is 635 g/mol. The highest BCUT2D eigenvalue weighted by Gasteiger charge is 2.18. The first-order valence-corrected chi connectivity index (χ1v) is 17.1. The number of nitrogens with two attached hydrogens (primary N) is 1. The van der Waals surface area contributed by atoms with E-state index in [0.717, 1.165) is 64.7 Å². The quantitative estimate of drug-likeness (QED) is 0.178. The number of anilines is 1. The van der Waals surface area contributed by atoms with E-state index >= 15 is 0 Å². The third-order valence-electron chi connectivity index (χ3n) is 8.59. The fourth-order valence-corrected chi connectivity index (χ4v) is 7.24. The molecule has 6 aromatic carbocycles. The average Bonchev–Trinajstić information content (AvgIpc) is 3.74. The van der Waals surface area contributed by atoms with Gasteiger partial charge in [-0.3, -0.25) is 5.41 Å². The van der Waals surface area contributed by atoms with Gasteiger partial charge in [0.25, 0.3) is 0 Å². The maximum atomic E-state index is 8.27. The van der Waals surface area contributed by atoms with Gasteiger partial charge in [-0.2, -0.15) is 0 Å². The van der Waals surface area contributed by atoms with Crippen LogP contribution in [0.2, 0.25) is 0 Å². The van der Waals surface area contributed by atoms with E-state index in [1.165, 1.54) is 0 Å². The molecule has 3 heterocycles. The van der Waals surface area contributed by atoms with Crippen LogP contribution in [-0.4, -0.2) is 20.7 Å². The number of aromatic nitrogens is 3. The van der Waals surface area contributed by atoms with Gasteiger partial charge in [0.15, 0.2) is 17.5 Å². The molecule has 0 fully saturated rings. The van der Waals surface area contributed by atoms with Gasteiger partial charge in [-0.1, -0.05) is 133 Å². The predicted molar refractivity (Wildman–Crippen MR) is 207 cm³/mol. The molecule has 0 saturated carbocycles. The maximum absolute atomic E-state index is 8.27. The van der Waals surface area contributed by atoms with Gasteiger partial charge in [-0.15, -0.1) is 11.3 Å². The maximum Gasteiger partial charge on any atom is 0.164 e. The van der Waals surface area contributed by atoms with Crippen LogP contribution < -0.4 is 5.73 Å². The second-order valence-corrected chi connectivity index (χ2v) is 12.9. The lowest BCUT2D eigenvalue weighted by Gasteiger charge is -2.09. The molecule has 0 radical (unpaired) electrons. The molecule has 0 saturated heterocycles. The number of aryl methyl sites for hydroxylation is 1. The molecule has 0 amide bonds. The zero-order chi connectivity index (χ0) is 34.0. The molecule has 0 bridgehead atoms. The van der Waals surface area contributed by atoms with Crippen LogP contribution in [0.5, 0.6) is 0 Å². The third-order valence-corrected chi connectivity index (χ3v) is 9.80. The van der Waals surface area contributed by atoms with Crippen molar-refractivity contribution >= 4 is 54.8 Å². The SMILES string of the molecule is Cc1cccc2oc3cccc(-c4nc(-c5ccccc5)nc(-c5ccccc5)n4)c3c12.N=C(c1ccccc1)c1sc2ccccc2c1N. The normalized spacial score (nSPS) is 11.1. The molecule has 240 valence electrons. The zero-order valence-corrected chi connectivity index (χ0v) is 28.0. The van der Waals surface area contributed by atoms with Crippen molar-refractivity contribution in [2.45, 2.75) is 6.92 Å². The minimum Gasteiger partial charge on any atom is -0.456 e. The molecule has 3 N–H and O–H groups in total. The van der Waals surface area contributed by atoms with Crippen molar-refractivity contribution < 1.29 is 4.42 Å². The largest absolute Gasteiger partial charge is 0.456 e. The molecule has 9 aromatic rings. The second-order valence-electron chi connectivity index (χ2n) is 11.8. The lowest BCUT2D eigenvalue weighted by molar-refractivity contribution is 0.669. The number of furan rings is 1. The fourth-order valence-electron chi connectivity index (χ4n) is 6.14. The molecule has 0 unspecified atom stereocenters. The predicted octanol–water partition coefficient (Wildman–Crippen LogP) is 11.0. The summed E-state index contributed by atoms with van der Waals surface area (Å²) in [6, 6.07) is 49.9. The van der Waals surface area contributed by atoms with Crippen molar-refractivity contribution in [1.82, 2.24) is 15.0 Å². The Labute approximate surface area is 293 Å². The highest BCUT2D eigenvalue weighted by Crippen LogP contribution is 2.38. The van der Waals surface area contributed by atoms with Crippen LogP contribution >= 0.6 is 11.3 Å². The van der Waals surface area contributed by atoms with Crippen LogP contribution in [0.15, 0.2) is 156 Å². The molecule has 0 atom stereocenters. The number of hydrogen-bond donors (Lipinski definition) is 2. The summed E-state index contributed by atoms with van der Waals surface area (Å²) in [5.74, 6) is 1.93. The Morgan fingerprint density at radius 3 is 1.76 bits per heavy atom. The van der Waals surface area contributed by atoms with Crippen molar-refractivity contribution in [2.24, 2.45) is 0 Å². The Morgan fingerprint density at radius 2 is 1.12 bits per heavy atom. The van der Waals surface area contributed by atoms with E-state index < -0.39 is 0 Å². The first kappa shape index (κ1) is 30.9. The summed E-state index contributed by atoms with van der Waals surface area (Å²) in [6.07, 6.45) is 0. The van der Waals surface area contributed by atoms with E-state index in [2.05, 4.69) is 19.1 Å². The van der Waals surface area contributed by atoms with E-state index in [9.17, 15) is 0 Å². The smallest absolute Gasteiger partial charge is 0.164 e. The monoisotopic (exact) mass is 665 g/mol. The van der Waals surface area contributed by atoms with Crippen LogP contribution in [0.3, 0.4) is 0 Å². The number of hydrogen-bond acceptors (Lipinski definition) is 7. The van der Waals surface area contributed by atoms with Crippen molar-refractivity contribution in [3.63, 3.8) is 0 Å². The highest BCUT2D eigenvalue weighted by molar-refractivity contribution is 7.21. The van der Waals surface area contributed by atoms with E-state index in [0.29, 0.717) is 28.9 Å². The first-order valence-electron chi connectivity index (χ1n) is 16.2. The number of thiophene rings is 1. The van der Waals surface area contributed by atoms with E-state index in [4.69, 9.17) is 30.5 Å². The van der Waals surface area contributed by atoms with Crippen molar-refractivity contribution in [1.29, 1.82) is 5.41 Å². The van der Waals surface area contributed by atoms with Crippen molar-refractivity contribution in [2.75, 3.05) is 5.73 Å². The topological polar surface area (TPSA) is 102 Å². The van der Waals surface area contributed by atoms with Gasteiger partial charge >= 0.3 is 0 Å². The summed E-state index contributed by atoms with van der Waals surface area (Å²) in [4.78, 5) is 15.5. The van der Waals surface area contributed by atoms with Crippen LogP contribution in [-0.2, 0) is 0 Å². The third kappa shape index (κ3) is 5.80. The number of rotatable bonds is 5. The second kappa shape index (κ2) is 13.2. The molecule has 0 spiro atoms. The van der Waals surface area contributed by atoms with Gasteiger partial charge in [0, 0.05) is 43.1 Å². The average molecular weight is 666 g/mol. The minimum atomic E-state index is 0.495. The highest BCUT2D eigenvalue weighted by atomic mass is 32.1. The van der Waals surface area contributed by atoms with Crippen LogP contribution in [0.4, 0.5) is 5.69 Å². The van der Waals surface area contributed by atoms with Gasteiger partial charge in [-0.25, -0.2) is 15.0 Å². The van der Waals surface area contributed by atoms with Crippen molar-refractivity contribution in [3.8, 4) is 34.2 Å². The van der Waals surface area contributed by atoms with E-state index in [-0.39, 0.29) is 0 Å². The Balaban J connectivity index is 0.000000170. The minimum absolute atomic E-state index is 0.495. The van der Waals surface area contributed by atoms with Crippen molar-refractivity contribution in [3.05, 3.63) is 168 Å². The number of benzene rings is 6. The Kier molecular flexibility index (Phi) is 8.16. The Morgan fingerprint density at radius 1 is 0.580 bits per heavy atom. The van der Waals surface area contributed by atoms with Crippen LogP contribution in [0.1, 0.15) is 16.0 Å². The summed E-state index contributed by atoms with van der Waals surface area (Å²) < 4.78 is 7.28. The molecule has 0 aliphatic carbocycles. The van der Waals surface area contributed by atoms with Gasteiger partial charge in [-0.05, 0) is 30.7 Å². The summed E-state index contributed by atoms with van der Waals surface area (Å²) >= 11 is 1.58. The summed E-state index contributed by atoms with van der Waals surface area (Å²) in [7, 11) is 0. The Hall–Kier alpha value is -6.44. The standard InChI is InChI=1S/C28H19N3O.C15H12N2S/c1-18-10-8-16-22-24(18)25-21(15-9-17-23(25)32-22)28-30-26(19-11-4-2-5-12-19)29-27(31-28)20-13-6-3-7-14-20;16-13(10-6-2-1-3-7-10)15-14(17)11-8-4-5-9-12(11)18-15/h2-17H,1H3;1-9,16H,17H2. The fraction of sp³-hybridized carbons (Fsp3) is 0.0233. The summed E-state index contributed by atoms with van der Waals surface area (Å²) in [5.41, 5.74) is 14.0. The van der Waals surface area contributed by atoms with Gasteiger partial charge < -0.3 is 10.2 Å². The molecule has 0 aliphatic rings. The number of nitrogen functional groups attached to an aromatic ring is 1. The Bertz CT molecular complexity index is 2570. The zero-order valence-electron chi connectivity index (χ0n) is 27.2. The number of nitrogens with one attached hydrogen (secondary N) is 1. The number of nitrogens with zero attached hydrogens (tertiary/aromatic N) is 3. The molecular formula is C43H31N5OS. The van der Waals surface area contributed by atoms with E-state index in [1.807, 2.05) is 140 Å². The lowest BCUT2D eigenvalue weighted by Crippen LogP contribution is -2.01. The summed E-state index contributed by atoms with van der Waals surface area (Å²) in [6.45, 7) is 2.10. The molecule has 50 heavy (non-hydrogen) atoms. The van der Waals surface area contributed by atoms with Gasteiger partial charge in [0.1, 0.15) is 11.2 Å². The molecule has 3 aromatic heterocycles.